The molecule has 3 heteroatoms. The van der Waals surface area contributed by atoms with Crippen molar-refractivity contribution in [3.8, 4) is 0 Å². The molecular weight excluding hydrogens is 248 g/mol. The van der Waals surface area contributed by atoms with E-state index in [2.05, 4.69) is 4.90 Å². The highest BCUT2D eigenvalue weighted by Gasteiger charge is 2.38. The van der Waals surface area contributed by atoms with E-state index in [1.165, 1.54) is 32.1 Å². The van der Waals surface area contributed by atoms with Crippen molar-refractivity contribution in [2.24, 2.45) is 11.7 Å². The summed E-state index contributed by atoms with van der Waals surface area (Å²) < 4.78 is 0. The predicted molar refractivity (Wildman–Crippen MR) is 80.6 cm³/mol. The summed E-state index contributed by atoms with van der Waals surface area (Å²) in [5.41, 5.74) is 7.63. The number of hydrogen-bond donors (Lipinski definition) is 1. The fourth-order valence-electron chi connectivity index (χ4n) is 3.92. The van der Waals surface area contributed by atoms with Crippen molar-refractivity contribution in [3.63, 3.8) is 0 Å². The summed E-state index contributed by atoms with van der Waals surface area (Å²) in [6, 6.07) is 8.44. The molecule has 0 radical (unpaired) electrons. The molecular formula is C17H24N2O. The van der Waals surface area contributed by atoms with E-state index in [1.54, 1.807) is 0 Å². The zero-order chi connectivity index (χ0) is 13.9. The van der Waals surface area contributed by atoms with E-state index >= 15 is 0 Å². The Kier molecular flexibility index (Phi) is 4.06. The van der Waals surface area contributed by atoms with Crippen LogP contribution in [0.4, 0.5) is 0 Å². The summed E-state index contributed by atoms with van der Waals surface area (Å²) in [5, 5.41) is 0. The number of benzene rings is 1. The van der Waals surface area contributed by atoms with Gasteiger partial charge >= 0.3 is 0 Å². The highest BCUT2D eigenvalue weighted by molar-refractivity contribution is 5.96. The van der Waals surface area contributed by atoms with Crippen LogP contribution in [0.5, 0.6) is 0 Å². The highest BCUT2D eigenvalue weighted by atomic mass is 16.2. The van der Waals surface area contributed by atoms with Crippen molar-refractivity contribution in [2.75, 3.05) is 13.1 Å². The second-order valence-corrected chi connectivity index (χ2v) is 6.09. The average molecular weight is 272 g/mol. The molecule has 1 aromatic rings. The molecule has 1 saturated heterocycles. The molecule has 0 aromatic heterocycles. The zero-order valence-corrected chi connectivity index (χ0v) is 12.1. The average Bonchev–Trinajstić information content (AvgIpc) is 2.91. The number of hydrogen-bond acceptors (Lipinski definition) is 2. The van der Waals surface area contributed by atoms with E-state index in [4.69, 9.17) is 5.73 Å². The molecule has 2 unspecified atom stereocenters. The van der Waals surface area contributed by atoms with Crippen LogP contribution >= 0.6 is 0 Å². The summed E-state index contributed by atoms with van der Waals surface area (Å²) >= 11 is 0. The molecule has 1 aromatic carbocycles. The summed E-state index contributed by atoms with van der Waals surface area (Å²) in [7, 11) is 0. The van der Waals surface area contributed by atoms with Gasteiger partial charge in [0.15, 0.2) is 0 Å². The number of rotatable bonds is 3. The van der Waals surface area contributed by atoms with Crippen molar-refractivity contribution in [1.82, 2.24) is 4.90 Å². The second kappa shape index (κ2) is 5.96. The van der Waals surface area contributed by atoms with Gasteiger partial charge in [-0.05, 0) is 49.8 Å². The van der Waals surface area contributed by atoms with E-state index in [0.29, 0.717) is 12.6 Å². The van der Waals surface area contributed by atoms with Crippen molar-refractivity contribution < 1.29 is 4.79 Å². The molecule has 1 amide bonds. The highest BCUT2D eigenvalue weighted by Crippen LogP contribution is 2.37. The fraction of sp³-hybridized carbons (Fsp3) is 0.588. The Morgan fingerprint density at radius 3 is 2.85 bits per heavy atom. The lowest BCUT2D eigenvalue weighted by molar-refractivity contribution is 0.0689. The van der Waals surface area contributed by atoms with Crippen LogP contribution in [0.25, 0.3) is 0 Å². The molecule has 2 atom stereocenters. The number of carbonyl (C=O) groups excluding carboxylic acids is 1. The Bertz CT molecular complexity index is 486. The van der Waals surface area contributed by atoms with Gasteiger partial charge in [0, 0.05) is 18.2 Å². The quantitative estimate of drug-likeness (QED) is 0.919. The van der Waals surface area contributed by atoms with Crippen LogP contribution in [-0.4, -0.2) is 29.9 Å². The molecule has 1 saturated carbocycles. The van der Waals surface area contributed by atoms with E-state index in [1.807, 2.05) is 24.3 Å². The predicted octanol–water partition coefficient (Wildman–Crippen LogP) is 2.59. The van der Waals surface area contributed by atoms with Gasteiger partial charge in [-0.15, -0.1) is 0 Å². The number of nitrogens with zero attached hydrogens (tertiary/aromatic N) is 1. The number of likely N-dealkylation sites (tertiary alicyclic amines) is 1. The molecule has 1 aliphatic heterocycles. The Hall–Kier alpha value is -1.35. The normalized spacial score (nSPS) is 25.6. The van der Waals surface area contributed by atoms with Gasteiger partial charge in [0.1, 0.15) is 0 Å². The first kappa shape index (κ1) is 13.6. The van der Waals surface area contributed by atoms with Gasteiger partial charge in [0.05, 0.1) is 0 Å². The third kappa shape index (κ3) is 2.47. The van der Waals surface area contributed by atoms with Gasteiger partial charge in [0.2, 0.25) is 0 Å². The lowest BCUT2D eigenvalue weighted by Gasteiger charge is -2.32. The molecule has 20 heavy (non-hydrogen) atoms. The van der Waals surface area contributed by atoms with E-state index in [-0.39, 0.29) is 5.91 Å². The number of fused-ring (bicyclic) bond motifs is 1. The maximum Gasteiger partial charge on any atom is 0.254 e. The minimum atomic E-state index is 0.225. The Morgan fingerprint density at radius 2 is 2.00 bits per heavy atom. The molecule has 2 fully saturated rings. The van der Waals surface area contributed by atoms with Crippen LogP contribution in [0.15, 0.2) is 24.3 Å². The van der Waals surface area contributed by atoms with Gasteiger partial charge in [-0.1, -0.05) is 31.0 Å². The first-order valence-corrected chi connectivity index (χ1v) is 7.90. The van der Waals surface area contributed by atoms with Crippen molar-refractivity contribution in [3.05, 3.63) is 35.4 Å². The fourth-order valence-corrected chi connectivity index (χ4v) is 3.92. The van der Waals surface area contributed by atoms with Gasteiger partial charge < -0.3 is 10.6 Å². The van der Waals surface area contributed by atoms with Crippen LogP contribution in [0.2, 0.25) is 0 Å². The topological polar surface area (TPSA) is 46.3 Å². The van der Waals surface area contributed by atoms with Gasteiger partial charge in [-0.3, -0.25) is 4.79 Å². The Morgan fingerprint density at radius 1 is 1.20 bits per heavy atom. The summed E-state index contributed by atoms with van der Waals surface area (Å²) in [6.07, 6.45) is 7.08. The molecule has 1 heterocycles. The first-order chi connectivity index (χ1) is 9.81. The summed E-state index contributed by atoms with van der Waals surface area (Å²) in [6.45, 7) is 1.53. The third-order valence-electron chi connectivity index (χ3n) is 4.93. The van der Waals surface area contributed by atoms with Crippen molar-refractivity contribution >= 4 is 5.91 Å². The molecule has 0 bridgehead atoms. The SMILES string of the molecule is NCCc1ccccc1C(=O)N1CCC2CCCCC21. The number of nitrogens with two attached hydrogens (primary N) is 1. The van der Waals surface area contributed by atoms with Gasteiger partial charge in [-0.25, -0.2) is 0 Å². The Balaban J connectivity index is 1.82. The van der Waals surface area contributed by atoms with E-state index in [9.17, 15) is 4.79 Å². The summed E-state index contributed by atoms with van der Waals surface area (Å²) in [4.78, 5) is 15.0. The smallest absolute Gasteiger partial charge is 0.254 e. The monoisotopic (exact) mass is 272 g/mol. The largest absolute Gasteiger partial charge is 0.335 e. The molecule has 3 nitrogen and oxygen atoms in total. The maximum atomic E-state index is 12.9. The van der Waals surface area contributed by atoms with E-state index < -0.39 is 0 Å². The minimum Gasteiger partial charge on any atom is -0.335 e. The molecule has 2 aliphatic rings. The van der Waals surface area contributed by atoms with Gasteiger partial charge in [-0.2, -0.15) is 0 Å². The second-order valence-electron chi connectivity index (χ2n) is 6.09. The van der Waals surface area contributed by atoms with E-state index in [0.717, 1.165) is 30.0 Å². The number of carbonyl (C=O) groups is 1. The van der Waals surface area contributed by atoms with Crippen molar-refractivity contribution in [2.45, 2.75) is 44.6 Å². The minimum absolute atomic E-state index is 0.225. The molecule has 1 aliphatic carbocycles. The summed E-state index contributed by atoms with van der Waals surface area (Å²) in [5.74, 6) is 0.970. The lowest BCUT2D eigenvalue weighted by Crippen LogP contribution is -2.39. The van der Waals surface area contributed by atoms with Crippen LogP contribution in [0, 0.1) is 5.92 Å². The van der Waals surface area contributed by atoms with Crippen LogP contribution in [-0.2, 0) is 6.42 Å². The van der Waals surface area contributed by atoms with Crippen LogP contribution in [0.1, 0.15) is 48.0 Å². The van der Waals surface area contributed by atoms with Gasteiger partial charge in [0.25, 0.3) is 5.91 Å². The van der Waals surface area contributed by atoms with Crippen LogP contribution in [0.3, 0.4) is 0 Å². The molecule has 3 rings (SSSR count). The lowest BCUT2D eigenvalue weighted by atomic mass is 9.85. The zero-order valence-electron chi connectivity index (χ0n) is 12.1. The Labute approximate surface area is 121 Å². The molecule has 0 spiro atoms. The van der Waals surface area contributed by atoms with Crippen molar-refractivity contribution in [1.29, 1.82) is 0 Å². The number of amides is 1. The third-order valence-corrected chi connectivity index (χ3v) is 4.93. The van der Waals surface area contributed by atoms with Crippen LogP contribution < -0.4 is 5.73 Å². The maximum absolute atomic E-state index is 12.9. The molecule has 2 N–H and O–H groups in total. The first-order valence-electron chi connectivity index (χ1n) is 7.90. The molecule has 108 valence electrons. The standard InChI is InChI=1S/C17H24N2O/c18-11-9-13-5-1-3-7-15(13)17(20)19-12-10-14-6-2-4-8-16(14)19/h1,3,5,7,14,16H,2,4,6,8-12,18H2.